The number of hydrogen-bond donors (Lipinski definition) is 3. The number of nitrogens with one attached hydrogen (secondary N) is 3. The number of fused-ring (bicyclic) bond motifs is 1. The predicted octanol–water partition coefficient (Wildman–Crippen LogP) is 2.29. The predicted molar refractivity (Wildman–Crippen MR) is 104 cm³/mol. The van der Waals surface area contributed by atoms with E-state index < -0.39 is 0 Å². The molecular formula is C20H22N6O2. The largest absolute Gasteiger partial charge is 0.360 e. The monoisotopic (exact) mass is 378 g/mol. The average molecular weight is 378 g/mol. The molecule has 0 spiro atoms. The molecule has 2 aromatic heterocycles. The Labute approximate surface area is 162 Å². The van der Waals surface area contributed by atoms with Crippen LogP contribution >= 0.6 is 0 Å². The molecule has 8 nitrogen and oxygen atoms in total. The van der Waals surface area contributed by atoms with Gasteiger partial charge in [0.15, 0.2) is 0 Å². The van der Waals surface area contributed by atoms with Crippen molar-refractivity contribution in [2.75, 3.05) is 0 Å². The number of para-hydroxylation sites is 1. The molecule has 1 aromatic carbocycles. The number of benzene rings is 1. The lowest BCUT2D eigenvalue weighted by molar-refractivity contribution is -0.121. The van der Waals surface area contributed by atoms with E-state index in [0.717, 1.165) is 27.9 Å². The molecular weight excluding hydrogens is 356 g/mol. The molecule has 144 valence electrons. The maximum atomic E-state index is 12.3. The molecule has 0 unspecified atom stereocenters. The van der Waals surface area contributed by atoms with E-state index >= 15 is 0 Å². The second-order valence-corrected chi connectivity index (χ2v) is 6.53. The van der Waals surface area contributed by atoms with Gasteiger partial charge in [0, 0.05) is 29.2 Å². The van der Waals surface area contributed by atoms with Crippen LogP contribution in [0.15, 0.2) is 30.5 Å². The van der Waals surface area contributed by atoms with Crippen molar-refractivity contribution in [3.63, 3.8) is 0 Å². The maximum Gasteiger partial charge on any atom is 0.271 e. The van der Waals surface area contributed by atoms with Crippen LogP contribution in [0.25, 0.3) is 10.9 Å². The molecule has 2 heterocycles. The standard InChI is InChI=1S/C20H22N6O2/c1-13-15(14(2)26(25-13)11-5-10-21)8-9-19(27)23-24-20(28)17-12-22-18-7-4-3-6-16(17)18/h3-4,6-7,12,22H,5,8-9,11H2,1-2H3,(H,23,27)(H,24,28). The molecule has 8 heteroatoms. The third-order valence-corrected chi connectivity index (χ3v) is 4.72. The third-order valence-electron chi connectivity index (χ3n) is 4.72. The number of carbonyl (C=O) groups is 2. The normalized spacial score (nSPS) is 10.6. The number of nitriles is 1. The summed E-state index contributed by atoms with van der Waals surface area (Å²) in [6, 6.07) is 9.57. The first-order valence-corrected chi connectivity index (χ1v) is 9.06. The Hall–Kier alpha value is -3.60. The fraction of sp³-hybridized carbons (Fsp3) is 0.300. The number of aromatic amines is 1. The van der Waals surface area contributed by atoms with Gasteiger partial charge in [-0.2, -0.15) is 10.4 Å². The van der Waals surface area contributed by atoms with E-state index in [2.05, 4.69) is 27.0 Å². The fourth-order valence-corrected chi connectivity index (χ4v) is 3.22. The summed E-state index contributed by atoms with van der Waals surface area (Å²) in [4.78, 5) is 27.5. The summed E-state index contributed by atoms with van der Waals surface area (Å²) in [5.74, 6) is -0.653. The van der Waals surface area contributed by atoms with Crippen molar-refractivity contribution in [2.45, 2.75) is 39.7 Å². The van der Waals surface area contributed by atoms with Gasteiger partial charge < -0.3 is 4.98 Å². The quantitative estimate of drug-likeness (QED) is 0.571. The van der Waals surface area contributed by atoms with E-state index in [9.17, 15) is 9.59 Å². The molecule has 3 aromatic rings. The first kappa shape index (κ1) is 19.2. The summed E-state index contributed by atoms with van der Waals surface area (Å²) in [6.45, 7) is 4.36. The second-order valence-electron chi connectivity index (χ2n) is 6.53. The van der Waals surface area contributed by atoms with Gasteiger partial charge in [-0.1, -0.05) is 18.2 Å². The van der Waals surface area contributed by atoms with Gasteiger partial charge in [-0.05, 0) is 31.9 Å². The lowest BCUT2D eigenvalue weighted by atomic mass is 10.1. The van der Waals surface area contributed by atoms with Crippen molar-refractivity contribution in [3.05, 3.63) is 53.0 Å². The Morgan fingerprint density at radius 1 is 1.25 bits per heavy atom. The highest BCUT2D eigenvalue weighted by molar-refractivity contribution is 6.07. The summed E-state index contributed by atoms with van der Waals surface area (Å²) in [6.07, 6.45) is 2.75. The van der Waals surface area contributed by atoms with Crippen molar-refractivity contribution in [3.8, 4) is 6.07 Å². The Morgan fingerprint density at radius 2 is 2.04 bits per heavy atom. The summed E-state index contributed by atoms with van der Waals surface area (Å²) in [5.41, 5.74) is 9.07. The lowest BCUT2D eigenvalue weighted by Gasteiger charge is -2.07. The van der Waals surface area contributed by atoms with Gasteiger partial charge in [-0.25, -0.2) is 0 Å². The zero-order valence-electron chi connectivity index (χ0n) is 15.9. The summed E-state index contributed by atoms with van der Waals surface area (Å²) < 4.78 is 1.80. The van der Waals surface area contributed by atoms with Crippen LogP contribution in [0.4, 0.5) is 0 Å². The van der Waals surface area contributed by atoms with E-state index in [1.807, 2.05) is 38.1 Å². The van der Waals surface area contributed by atoms with Crippen LogP contribution in [0.2, 0.25) is 0 Å². The van der Waals surface area contributed by atoms with Crippen LogP contribution in [0.1, 0.15) is 40.2 Å². The lowest BCUT2D eigenvalue weighted by Crippen LogP contribution is -2.41. The fourth-order valence-electron chi connectivity index (χ4n) is 3.22. The van der Waals surface area contributed by atoms with Gasteiger partial charge in [-0.15, -0.1) is 0 Å². The van der Waals surface area contributed by atoms with Crippen LogP contribution in [0.3, 0.4) is 0 Å². The maximum absolute atomic E-state index is 12.3. The Kier molecular flexibility index (Phi) is 5.75. The molecule has 0 saturated heterocycles. The zero-order valence-corrected chi connectivity index (χ0v) is 15.9. The minimum absolute atomic E-state index is 0.222. The SMILES string of the molecule is Cc1nn(CCC#N)c(C)c1CCC(=O)NNC(=O)c1c[nH]c2ccccc12. The molecule has 3 rings (SSSR count). The van der Waals surface area contributed by atoms with E-state index in [1.165, 1.54) is 0 Å². The minimum Gasteiger partial charge on any atom is -0.360 e. The minimum atomic E-state index is -0.373. The summed E-state index contributed by atoms with van der Waals surface area (Å²) in [5, 5.41) is 13.9. The molecule has 0 bridgehead atoms. The van der Waals surface area contributed by atoms with E-state index in [1.54, 1.807) is 10.9 Å². The highest BCUT2D eigenvalue weighted by Crippen LogP contribution is 2.17. The van der Waals surface area contributed by atoms with Crippen LogP contribution in [-0.4, -0.2) is 26.6 Å². The Morgan fingerprint density at radius 3 is 2.82 bits per heavy atom. The summed E-state index contributed by atoms with van der Waals surface area (Å²) in [7, 11) is 0. The molecule has 0 atom stereocenters. The highest BCUT2D eigenvalue weighted by atomic mass is 16.2. The number of amides is 2. The van der Waals surface area contributed by atoms with Gasteiger partial charge in [0.2, 0.25) is 5.91 Å². The number of aryl methyl sites for hydroxylation is 2. The topological polar surface area (TPSA) is 116 Å². The van der Waals surface area contributed by atoms with E-state index in [0.29, 0.717) is 24.9 Å². The second kappa shape index (κ2) is 8.39. The molecule has 0 saturated carbocycles. The van der Waals surface area contributed by atoms with Crippen molar-refractivity contribution >= 4 is 22.7 Å². The number of hydrazine groups is 1. The number of nitrogens with zero attached hydrogens (tertiary/aromatic N) is 3. The molecule has 0 aliphatic rings. The first-order chi connectivity index (χ1) is 13.5. The molecule has 0 aliphatic carbocycles. The molecule has 0 fully saturated rings. The number of hydrogen-bond acceptors (Lipinski definition) is 4. The zero-order chi connectivity index (χ0) is 20.1. The number of carbonyl (C=O) groups excluding carboxylic acids is 2. The number of rotatable bonds is 6. The molecule has 2 amide bonds. The smallest absolute Gasteiger partial charge is 0.271 e. The van der Waals surface area contributed by atoms with Crippen LogP contribution < -0.4 is 10.9 Å². The van der Waals surface area contributed by atoms with Gasteiger partial charge in [0.1, 0.15) is 0 Å². The van der Waals surface area contributed by atoms with Crippen LogP contribution in [0.5, 0.6) is 0 Å². The van der Waals surface area contributed by atoms with Crippen molar-refractivity contribution in [1.82, 2.24) is 25.6 Å². The summed E-state index contributed by atoms with van der Waals surface area (Å²) >= 11 is 0. The van der Waals surface area contributed by atoms with Gasteiger partial charge in [-0.3, -0.25) is 25.1 Å². The first-order valence-electron chi connectivity index (χ1n) is 9.06. The van der Waals surface area contributed by atoms with Crippen molar-refractivity contribution < 1.29 is 9.59 Å². The average Bonchev–Trinajstić information content (AvgIpc) is 3.24. The van der Waals surface area contributed by atoms with Crippen LogP contribution in [-0.2, 0) is 17.8 Å². The molecule has 0 radical (unpaired) electrons. The number of H-pyrrole nitrogens is 1. The highest BCUT2D eigenvalue weighted by Gasteiger charge is 2.15. The van der Waals surface area contributed by atoms with Crippen molar-refractivity contribution in [2.24, 2.45) is 0 Å². The van der Waals surface area contributed by atoms with Crippen LogP contribution in [0, 0.1) is 25.2 Å². The Bertz CT molecular complexity index is 1060. The van der Waals surface area contributed by atoms with Gasteiger partial charge >= 0.3 is 0 Å². The molecule has 3 N–H and O–H groups in total. The van der Waals surface area contributed by atoms with E-state index in [4.69, 9.17) is 5.26 Å². The van der Waals surface area contributed by atoms with E-state index in [-0.39, 0.29) is 18.2 Å². The molecule has 0 aliphatic heterocycles. The Balaban J connectivity index is 1.54. The van der Waals surface area contributed by atoms with Gasteiger partial charge in [0.25, 0.3) is 5.91 Å². The van der Waals surface area contributed by atoms with Crippen molar-refractivity contribution in [1.29, 1.82) is 5.26 Å². The van der Waals surface area contributed by atoms with Gasteiger partial charge in [0.05, 0.1) is 30.3 Å². The molecule has 28 heavy (non-hydrogen) atoms. The third kappa shape index (κ3) is 4.04. The number of aromatic nitrogens is 3.